The van der Waals surface area contributed by atoms with Crippen LogP contribution in [-0.4, -0.2) is 5.11 Å². The van der Waals surface area contributed by atoms with Gasteiger partial charge in [0.15, 0.2) is 0 Å². The Labute approximate surface area is 126 Å². The summed E-state index contributed by atoms with van der Waals surface area (Å²) in [5.41, 5.74) is 0. The van der Waals surface area contributed by atoms with Crippen LogP contribution in [-0.2, 0) is 6.42 Å². The van der Waals surface area contributed by atoms with Crippen LogP contribution in [0.1, 0.15) is 15.9 Å². The highest BCUT2D eigenvalue weighted by atomic mass is 79.9. The average molecular weight is 357 g/mol. The molecule has 19 heavy (non-hydrogen) atoms. The van der Waals surface area contributed by atoms with E-state index >= 15 is 0 Å². The molecule has 0 saturated heterocycles. The number of halogens is 2. The van der Waals surface area contributed by atoms with Crippen molar-refractivity contribution in [2.45, 2.75) is 12.5 Å². The van der Waals surface area contributed by atoms with Crippen molar-refractivity contribution in [1.29, 1.82) is 0 Å². The van der Waals surface area contributed by atoms with E-state index in [0.29, 0.717) is 6.42 Å². The Kier molecular flexibility index (Phi) is 3.71. The molecular formula is C14H10BrFOS2. The van der Waals surface area contributed by atoms with Gasteiger partial charge in [-0.3, -0.25) is 0 Å². The topological polar surface area (TPSA) is 20.2 Å². The Morgan fingerprint density at radius 2 is 2.11 bits per heavy atom. The highest BCUT2D eigenvalue weighted by molar-refractivity contribution is 9.10. The van der Waals surface area contributed by atoms with Gasteiger partial charge in [0.1, 0.15) is 5.82 Å². The van der Waals surface area contributed by atoms with Crippen LogP contribution in [0.5, 0.6) is 0 Å². The van der Waals surface area contributed by atoms with Crippen molar-refractivity contribution in [2.75, 3.05) is 0 Å². The van der Waals surface area contributed by atoms with Crippen LogP contribution in [0.15, 0.2) is 40.2 Å². The molecule has 2 aromatic heterocycles. The quantitative estimate of drug-likeness (QED) is 0.688. The van der Waals surface area contributed by atoms with Crippen LogP contribution >= 0.6 is 38.6 Å². The van der Waals surface area contributed by atoms with Crippen molar-refractivity contribution in [3.8, 4) is 0 Å². The van der Waals surface area contributed by atoms with Gasteiger partial charge in [-0.1, -0.05) is 6.07 Å². The van der Waals surface area contributed by atoms with Crippen molar-refractivity contribution in [3.05, 3.63) is 55.8 Å². The van der Waals surface area contributed by atoms with Gasteiger partial charge >= 0.3 is 0 Å². The first-order valence-electron chi connectivity index (χ1n) is 5.72. The Morgan fingerprint density at radius 1 is 1.26 bits per heavy atom. The first kappa shape index (κ1) is 13.2. The largest absolute Gasteiger partial charge is 0.387 e. The van der Waals surface area contributed by atoms with E-state index in [1.807, 2.05) is 17.5 Å². The molecular weight excluding hydrogens is 347 g/mol. The smallest absolute Gasteiger partial charge is 0.124 e. The predicted octanol–water partition coefficient (Wildman–Crippen LogP) is 5.14. The van der Waals surface area contributed by atoms with Crippen molar-refractivity contribution in [3.63, 3.8) is 0 Å². The Bertz CT molecular complexity index is 719. The number of thiophene rings is 2. The summed E-state index contributed by atoms with van der Waals surface area (Å²) in [6, 6.07) is 8.62. The first-order chi connectivity index (χ1) is 9.13. The molecule has 0 bridgehead atoms. The van der Waals surface area contributed by atoms with Gasteiger partial charge in [0.2, 0.25) is 0 Å². The van der Waals surface area contributed by atoms with Crippen LogP contribution in [0.4, 0.5) is 4.39 Å². The van der Waals surface area contributed by atoms with E-state index < -0.39 is 6.10 Å². The van der Waals surface area contributed by atoms with E-state index in [2.05, 4.69) is 15.9 Å². The molecule has 5 heteroatoms. The summed E-state index contributed by atoms with van der Waals surface area (Å²) in [5, 5.41) is 13.3. The summed E-state index contributed by atoms with van der Waals surface area (Å²) >= 11 is 6.53. The lowest BCUT2D eigenvalue weighted by Gasteiger charge is -2.06. The van der Waals surface area contributed by atoms with Crippen LogP contribution in [0.2, 0.25) is 0 Å². The summed E-state index contributed by atoms with van der Waals surface area (Å²) < 4.78 is 15.1. The van der Waals surface area contributed by atoms with E-state index in [0.717, 1.165) is 24.3 Å². The number of aliphatic hydroxyl groups excluding tert-OH is 1. The number of fused-ring (bicyclic) bond motifs is 1. The standard InChI is InChI=1S/C14H10BrFOS2/c15-10-3-4-18-13(10)7-11(17)14-5-8-1-2-9(16)6-12(8)19-14/h1-6,11,17H,7H2. The average Bonchev–Trinajstić information content (AvgIpc) is 2.96. The Hall–Kier alpha value is -0.750. The summed E-state index contributed by atoms with van der Waals surface area (Å²) in [6.07, 6.45) is 0.0310. The van der Waals surface area contributed by atoms with Crippen molar-refractivity contribution in [1.82, 2.24) is 0 Å². The molecule has 0 amide bonds. The molecule has 0 saturated carbocycles. The van der Waals surface area contributed by atoms with Gasteiger partial charge in [-0.05, 0) is 51.0 Å². The Balaban J connectivity index is 1.89. The van der Waals surface area contributed by atoms with Crippen molar-refractivity contribution < 1.29 is 9.50 Å². The molecule has 0 aliphatic rings. The van der Waals surface area contributed by atoms with Crippen molar-refractivity contribution in [2.24, 2.45) is 0 Å². The minimum Gasteiger partial charge on any atom is -0.387 e. The summed E-state index contributed by atoms with van der Waals surface area (Å²) in [7, 11) is 0. The van der Waals surface area contributed by atoms with Crippen molar-refractivity contribution >= 4 is 48.7 Å². The molecule has 0 aliphatic heterocycles. The third-order valence-corrected chi connectivity index (χ3v) is 6.05. The molecule has 3 aromatic rings. The fourth-order valence-corrected chi connectivity index (χ4v) is 4.56. The fraction of sp³-hybridized carbons (Fsp3) is 0.143. The lowest BCUT2D eigenvalue weighted by molar-refractivity contribution is 0.183. The maximum absolute atomic E-state index is 13.1. The summed E-state index contributed by atoms with van der Waals surface area (Å²) in [5.74, 6) is -0.239. The number of aliphatic hydroxyl groups is 1. The lowest BCUT2D eigenvalue weighted by atomic mass is 10.1. The third kappa shape index (κ3) is 2.74. The van der Waals surface area contributed by atoms with Gasteiger partial charge in [-0.15, -0.1) is 22.7 Å². The molecule has 1 nitrogen and oxygen atoms in total. The number of rotatable bonds is 3. The second-order valence-electron chi connectivity index (χ2n) is 4.24. The second-order valence-corrected chi connectivity index (χ2v) is 7.21. The molecule has 1 unspecified atom stereocenters. The second kappa shape index (κ2) is 5.32. The maximum Gasteiger partial charge on any atom is 0.124 e. The highest BCUT2D eigenvalue weighted by Gasteiger charge is 2.14. The minimum atomic E-state index is -0.546. The zero-order valence-electron chi connectivity index (χ0n) is 9.77. The van der Waals surface area contributed by atoms with E-state index in [9.17, 15) is 9.50 Å². The van der Waals surface area contributed by atoms with Gasteiger partial charge < -0.3 is 5.11 Å². The zero-order valence-corrected chi connectivity index (χ0v) is 13.0. The van der Waals surface area contributed by atoms with Crippen LogP contribution in [0.3, 0.4) is 0 Å². The van der Waals surface area contributed by atoms with Gasteiger partial charge in [0, 0.05) is 25.3 Å². The monoisotopic (exact) mass is 356 g/mol. The SMILES string of the molecule is OC(Cc1sccc1Br)c1cc2ccc(F)cc2s1. The minimum absolute atomic E-state index is 0.239. The molecule has 3 rings (SSSR count). The molecule has 1 N–H and O–H groups in total. The molecule has 1 aromatic carbocycles. The third-order valence-electron chi connectivity index (χ3n) is 2.90. The van der Waals surface area contributed by atoms with E-state index in [1.54, 1.807) is 17.4 Å². The van der Waals surface area contributed by atoms with Crippen LogP contribution in [0.25, 0.3) is 10.1 Å². The van der Waals surface area contributed by atoms with Crippen LogP contribution in [0, 0.1) is 5.82 Å². The fourth-order valence-electron chi connectivity index (χ4n) is 1.94. The van der Waals surface area contributed by atoms with Gasteiger partial charge in [-0.25, -0.2) is 4.39 Å². The number of benzene rings is 1. The lowest BCUT2D eigenvalue weighted by Crippen LogP contribution is -1.97. The summed E-state index contributed by atoms with van der Waals surface area (Å²) in [6.45, 7) is 0. The predicted molar refractivity (Wildman–Crippen MR) is 82.5 cm³/mol. The number of hydrogen-bond acceptors (Lipinski definition) is 3. The molecule has 0 radical (unpaired) electrons. The normalized spacial score (nSPS) is 13.0. The number of hydrogen-bond donors (Lipinski definition) is 1. The molecule has 0 fully saturated rings. The van der Waals surface area contributed by atoms with E-state index in [4.69, 9.17) is 0 Å². The van der Waals surface area contributed by atoms with Crippen LogP contribution < -0.4 is 0 Å². The Morgan fingerprint density at radius 3 is 2.84 bits per heavy atom. The molecule has 1 atom stereocenters. The van der Waals surface area contributed by atoms with E-state index in [-0.39, 0.29) is 5.82 Å². The van der Waals surface area contributed by atoms with E-state index in [1.165, 1.54) is 23.5 Å². The zero-order chi connectivity index (χ0) is 13.4. The first-order valence-corrected chi connectivity index (χ1v) is 8.21. The molecule has 0 spiro atoms. The van der Waals surface area contributed by atoms with Gasteiger partial charge in [0.25, 0.3) is 0 Å². The molecule has 98 valence electrons. The van der Waals surface area contributed by atoms with Gasteiger partial charge in [-0.2, -0.15) is 0 Å². The van der Waals surface area contributed by atoms with Gasteiger partial charge in [0.05, 0.1) is 6.10 Å². The molecule has 0 aliphatic carbocycles. The summed E-state index contributed by atoms with van der Waals surface area (Å²) in [4.78, 5) is 2.00. The molecule has 2 heterocycles. The highest BCUT2D eigenvalue weighted by Crippen LogP contribution is 2.34. The maximum atomic E-state index is 13.1.